The fourth-order valence-corrected chi connectivity index (χ4v) is 5.45. The van der Waals surface area contributed by atoms with E-state index in [0.29, 0.717) is 17.9 Å². The molecule has 0 aliphatic carbocycles. The van der Waals surface area contributed by atoms with E-state index in [1.165, 1.54) is 0 Å². The monoisotopic (exact) mass is 474 g/mol. The van der Waals surface area contributed by atoms with Crippen LogP contribution in [0, 0.1) is 6.92 Å². The summed E-state index contributed by atoms with van der Waals surface area (Å²) in [7, 11) is 1.66. The van der Waals surface area contributed by atoms with Crippen LogP contribution >= 0.6 is 11.8 Å². The molecule has 0 radical (unpaired) electrons. The number of methoxy groups -OCH3 is 1. The SMILES string of the molecule is CC[C@H](NC(=O)c1ccc([C@H]2SCC(=O)N2Cc2ccccc2)cc1)c1ccc(OC)c(C)c1. The van der Waals surface area contributed by atoms with E-state index in [0.717, 1.165) is 34.4 Å². The van der Waals surface area contributed by atoms with Crippen molar-refractivity contribution in [2.24, 2.45) is 0 Å². The Morgan fingerprint density at radius 1 is 1.12 bits per heavy atom. The Balaban J connectivity index is 1.45. The zero-order valence-electron chi connectivity index (χ0n) is 19.8. The van der Waals surface area contributed by atoms with Gasteiger partial charge in [-0.1, -0.05) is 61.5 Å². The lowest BCUT2D eigenvalue weighted by Gasteiger charge is -2.24. The molecule has 1 aliphatic heterocycles. The van der Waals surface area contributed by atoms with E-state index >= 15 is 0 Å². The van der Waals surface area contributed by atoms with E-state index in [1.54, 1.807) is 18.9 Å². The molecule has 0 bridgehead atoms. The number of benzene rings is 3. The third-order valence-electron chi connectivity index (χ3n) is 6.16. The molecule has 0 spiro atoms. The van der Waals surface area contributed by atoms with Gasteiger partial charge in [0, 0.05) is 12.1 Å². The van der Waals surface area contributed by atoms with Crippen LogP contribution < -0.4 is 10.1 Å². The Labute approximate surface area is 205 Å². The number of carbonyl (C=O) groups is 2. The Bertz CT molecular complexity index is 1150. The summed E-state index contributed by atoms with van der Waals surface area (Å²) < 4.78 is 5.35. The second-order valence-corrected chi connectivity index (χ2v) is 9.52. The van der Waals surface area contributed by atoms with Gasteiger partial charge in [0.1, 0.15) is 11.1 Å². The number of carbonyl (C=O) groups excluding carboxylic acids is 2. The summed E-state index contributed by atoms with van der Waals surface area (Å²) in [6.45, 7) is 4.64. The summed E-state index contributed by atoms with van der Waals surface area (Å²) in [6, 6.07) is 23.6. The fourth-order valence-electron chi connectivity index (χ4n) is 4.26. The predicted molar refractivity (Wildman–Crippen MR) is 137 cm³/mol. The molecule has 176 valence electrons. The summed E-state index contributed by atoms with van der Waals surface area (Å²) >= 11 is 1.63. The smallest absolute Gasteiger partial charge is 0.251 e. The lowest BCUT2D eigenvalue weighted by molar-refractivity contribution is -0.128. The average Bonchev–Trinajstić information content (AvgIpc) is 3.22. The van der Waals surface area contributed by atoms with E-state index in [2.05, 4.69) is 18.3 Å². The molecule has 1 heterocycles. The number of hydrogen-bond donors (Lipinski definition) is 1. The number of nitrogens with zero attached hydrogens (tertiary/aromatic N) is 1. The van der Waals surface area contributed by atoms with E-state index in [9.17, 15) is 9.59 Å². The predicted octanol–water partition coefficient (Wildman–Crippen LogP) is 5.66. The van der Waals surface area contributed by atoms with Crippen molar-refractivity contribution in [2.75, 3.05) is 12.9 Å². The first kappa shape index (κ1) is 23.9. The van der Waals surface area contributed by atoms with Crippen molar-refractivity contribution < 1.29 is 14.3 Å². The molecule has 1 saturated heterocycles. The molecule has 3 aromatic carbocycles. The minimum atomic E-state index is -0.108. The van der Waals surface area contributed by atoms with Gasteiger partial charge in [-0.2, -0.15) is 0 Å². The molecule has 2 amide bonds. The minimum absolute atomic E-state index is 0.0459. The van der Waals surface area contributed by atoms with Gasteiger partial charge in [-0.3, -0.25) is 9.59 Å². The number of aryl methyl sites for hydroxylation is 1. The highest BCUT2D eigenvalue weighted by molar-refractivity contribution is 8.00. The molecular formula is C28H30N2O3S. The molecule has 6 heteroatoms. The van der Waals surface area contributed by atoms with E-state index < -0.39 is 0 Å². The molecule has 1 aliphatic rings. The van der Waals surface area contributed by atoms with Crippen LogP contribution in [0.4, 0.5) is 0 Å². The number of amides is 2. The molecule has 0 unspecified atom stereocenters. The summed E-state index contributed by atoms with van der Waals surface area (Å²) in [6.07, 6.45) is 0.783. The Morgan fingerprint density at radius 3 is 2.50 bits per heavy atom. The van der Waals surface area contributed by atoms with Crippen molar-refractivity contribution in [3.63, 3.8) is 0 Å². The van der Waals surface area contributed by atoms with Crippen molar-refractivity contribution in [1.29, 1.82) is 0 Å². The molecular weight excluding hydrogens is 444 g/mol. The summed E-state index contributed by atoms with van der Waals surface area (Å²) in [5.74, 6) is 1.34. The van der Waals surface area contributed by atoms with E-state index in [1.807, 2.05) is 78.6 Å². The third kappa shape index (κ3) is 5.28. The maximum Gasteiger partial charge on any atom is 0.251 e. The van der Waals surface area contributed by atoms with Crippen LogP contribution in [0.15, 0.2) is 72.8 Å². The zero-order valence-corrected chi connectivity index (χ0v) is 20.6. The van der Waals surface area contributed by atoms with Gasteiger partial charge in [0.2, 0.25) is 5.91 Å². The minimum Gasteiger partial charge on any atom is -0.496 e. The normalized spacial score (nSPS) is 16.4. The lowest BCUT2D eigenvalue weighted by Crippen LogP contribution is -2.29. The van der Waals surface area contributed by atoms with Gasteiger partial charge in [-0.05, 0) is 53.8 Å². The first-order valence-electron chi connectivity index (χ1n) is 11.5. The summed E-state index contributed by atoms with van der Waals surface area (Å²) in [5.41, 5.74) is 4.85. The highest BCUT2D eigenvalue weighted by Crippen LogP contribution is 2.39. The van der Waals surface area contributed by atoms with Crippen LogP contribution in [-0.4, -0.2) is 29.6 Å². The van der Waals surface area contributed by atoms with E-state index in [4.69, 9.17) is 4.74 Å². The number of hydrogen-bond acceptors (Lipinski definition) is 4. The van der Waals surface area contributed by atoms with Crippen LogP contribution in [0.25, 0.3) is 0 Å². The highest BCUT2D eigenvalue weighted by atomic mass is 32.2. The van der Waals surface area contributed by atoms with Gasteiger partial charge >= 0.3 is 0 Å². The molecule has 0 saturated carbocycles. The van der Waals surface area contributed by atoms with Crippen LogP contribution in [0.3, 0.4) is 0 Å². The molecule has 1 fully saturated rings. The maximum absolute atomic E-state index is 13.0. The first-order valence-corrected chi connectivity index (χ1v) is 12.6. The number of nitrogens with one attached hydrogen (secondary N) is 1. The number of rotatable bonds is 8. The van der Waals surface area contributed by atoms with Crippen molar-refractivity contribution in [3.8, 4) is 5.75 Å². The third-order valence-corrected chi connectivity index (χ3v) is 7.41. The fraction of sp³-hybridized carbons (Fsp3) is 0.286. The molecule has 34 heavy (non-hydrogen) atoms. The number of thioether (sulfide) groups is 1. The van der Waals surface area contributed by atoms with Gasteiger partial charge < -0.3 is 15.0 Å². The van der Waals surface area contributed by atoms with Crippen LogP contribution in [0.1, 0.15) is 57.4 Å². The zero-order chi connectivity index (χ0) is 24.1. The Kier molecular flexibility index (Phi) is 7.58. The van der Waals surface area contributed by atoms with Gasteiger partial charge in [0.15, 0.2) is 0 Å². The van der Waals surface area contributed by atoms with Crippen molar-refractivity contribution >= 4 is 23.6 Å². The second kappa shape index (κ2) is 10.8. The van der Waals surface area contributed by atoms with Gasteiger partial charge in [0.25, 0.3) is 5.91 Å². The molecule has 0 aromatic heterocycles. The second-order valence-electron chi connectivity index (χ2n) is 8.46. The van der Waals surface area contributed by atoms with E-state index in [-0.39, 0.29) is 23.2 Å². The van der Waals surface area contributed by atoms with Crippen molar-refractivity contribution in [1.82, 2.24) is 10.2 Å². The van der Waals surface area contributed by atoms with Crippen LogP contribution in [-0.2, 0) is 11.3 Å². The Morgan fingerprint density at radius 2 is 1.85 bits per heavy atom. The first-order chi connectivity index (χ1) is 16.5. The van der Waals surface area contributed by atoms with Gasteiger partial charge in [-0.15, -0.1) is 11.8 Å². The topological polar surface area (TPSA) is 58.6 Å². The lowest BCUT2D eigenvalue weighted by atomic mass is 10.0. The average molecular weight is 475 g/mol. The molecule has 5 nitrogen and oxygen atoms in total. The molecule has 4 rings (SSSR count). The van der Waals surface area contributed by atoms with Crippen LogP contribution in [0.2, 0.25) is 0 Å². The highest BCUT2D eigenvalue weighted by Gasteiger charge is 2.32. The molecule has 3 aromatic rings. The van der Waals surface area contributed by atoms with Gasteiger partial charge in [-0.25, -0.2) is 0 Å². The number of ether oxygens (including phenoxy) is 1. The maximum atomic E-state index is 13.0. The quantitative estimate of drug-likeness (QED) is 0.458. The summed E-state index contributed by atoms with van der Waals surface area (Å²) in [4.78, 5) is 27.4. The standard InChI is InChI=1S/C28H30N2O3S/c1-4-24(23-14-15-25(33-3)19(2)16-23)29-27(32)21-10-12-22(13-11-21)28-30(26(31)18-34-28)17-20-8-6-5-7-9-20/h5-16,24,28H,4,17-18H2,1-3H3,(H,29,32)/t24-,28+/m0/s1. The van der Waals surface area contributed by atoms with Crippen molar-refractivity contribution in [3.05, 3.63) is 101 Å². The largest absolute Gasteiger partial charge is 0.496 e. The molecule has 1 N–H and O–H groups in total. The molecule has 2 atom stereocenters. The van der Waals surface area contributed by atoms with Gasteiger partial charge in [0.05, 0.1) is 18.9 Å². The summed E-state index contributed by atoms with van der Waals surface area (Å²) in [5, 5.41) is 3.11. The van der Waals surface area contributed by atoms with Crippen LogP contribution in [0.5, 0.6) is 5.75 Å². The Hall–Kier alpha value is -3.25. The van der Waals surface area contributed by atoms with Crippen molar-refractivity contribution in [2.45, 2.75) is 38.2 Å².